The topological polar surface area (TPSA) is 55.8 Å². The molecule has 0 aliphatic carbocycles. The highest BCUT2D eigenvalue weighted by molar-refractivity contribution is 7.99. The zero-order chi connectivity index (χ0) is 28.2. The van der Waals surface area contributed by atoms with E-state index in [4.69, 9.17) is 32.7 Å². The summed E-state index contributed by atoms with van der Waals surface area (Å²) in [7, 11) is 5.90. The largest absolute Gasteiger partial charge is 0.497 e. The Balaban J connectivity index is 1.58. The van der Waals surface area contributed by atoms with Crippen LogP contribution in [0.2, 0.25) is 10.0 Å². The lowest BCUT2D eigenvalue weighted by atomic mass is 10.1. The van der Waals surface area contributed by atoms with E-state index in [1.807, 2.05) is 66.7 Å². The molecule has 3 aromatic carbocycles. The molecule has 1 amide bonds. The first-order valence-corrected chi connectivity index (χ1v) is 14.4. The minimum absolute atomic E-state index is 0.229. The van der Waals surface area contributed by atoms with Crippen LogP contribution in [0.25, 0.3) is 0 Å². The molecule has 0 fully saturated rings. The second-order valence-electron chi connectivity index (χ2n) is 10.2. The number of hydrogen-bond donors (Lipinski definition) is 0. The highest BCUT2D eigenvalue weighted by atomic mass is 35.5. The van der Waals surface area contributed by atoms with Gasteiger partial charge in [0.05, 0.1) is 61.8 Å². The van der Waals surface area contributed by atoms with Gasteiger partial charge < -0.3 is 18.9 Å². The molecule has 4 rings (SSSR count). The predicted molar refractivity (Wildman–Crippen MR) is 158 cm³/mol. The predicted octanol–water partition coefficient (Wildman–Crippen LogP) is 6.43. The van der Waals surface area contributed by atoms with Gasteiger partial charge in [0.15, 0.2) is 6.10 Å². The van der Waals surface area contributed by atoms with Gasteiger partial charge in [0.1, 0.15) is 5.75 Å². The first kappa shape index (κ1) is 29.3. The van der Waals surface area contributed by atoms with Gasteiger partial charge in [-0.2, -0.15) is 0 Å². The number of para-hydroxylation sites is 1. The van der Waals surface area contributed by atoms with Gasteiger partial charge in [0.2, 0.25) is 0 Å². The van der Waals surface area contributed by atoms with Crippen molar-refractivity contribution in [2.24, 2.45) is 0 Å². The van der Waals surface area contributed by atoms with Crippen LogP contribution in [0.1, 0.15) is 23.3 Å². The lowest BCUT2D eigenvalue weighted by Gasteiger charge is -2.34. The molecular weight excluding hydrogens is 555 g/mol. The van der Waals surface area contributed by atoms with Gasteiger partial charge >= 0.3 is 5.97 Å². The Kier molecular flexibility index (Phi) is 9.49. The van der Waals surface area contributed by atoms with E-state index >= 15 is 0 Å². The number of likely N-dealkylation sites (N-methyl/N-ethyl adjacent to an activating group) is 1. The van der Waals surface area contributed by atoms with E-state index in [2.05, 4.69) is 14.1 Å². The normalized spacial score (nSPS) is 17.4. The standard InChI is InChI=1S/C30H33Cl2N2O4S/c1-20(35)38-28-29(22-10-12-23(37-4)13-11-22)39-27-8-6-5-7-26(27)33(30(28)36)16-18-34(2,3)17-15-21-9-14-24(31)25(32)19-21/h5-14,19,28-29H,15-18H2,1-4H3/q+1/t28-,29+/m1/s1. The molecule has 0 saturated carbocycles. The number of ether oxygens (including phenoxy) is 2. The lowest BCUT2D eigenvalue weighted by Crippen LogP contribution is -2.50. The summed E-state index contributed by atoms with van der Waals surface area (Å²) in [5.74, 6) is -0.000289. The zero-order valence-electron chi connectivity index (χ0n) is 22.5. The fraction of sp³-hybridized carbons (Fsp3) is 0.333. The number of halogens is 2. The molecular formula is C30H33Cl2N2O4S+. The number of rotatable bonds is 9. The first-order chi connectivity index (χ1) is 18.6. The molecule has 0 radical (unpaired) electrons. The number of thioether (sulfide) groups is 1. The molecule has 0 spiro atoms. The first-order valence-electron chi connectivity index (χ1n) is 12.7. The van der Waals surface area contributed by atoms with Crippen LogP contribution in [-0.4, -0.2) is 63.3 Å². The number of hydrogen-bond acceptors (Lipinski definition) is 5. The summed E-state index contributed by atoms with van der Waals surface area (Å²) in [6, 6.07) is 21.1. The van der Waals surface area contributed by atoms with E-state index in [9.17, 15) is 9.59 Å². The second-order valence-corrected chi connectivity index (χ2v) is 12.2. The highest BCUT2D eigenvalue weighted by Gasteiger charge is 2.41. The average molecular weight is 589 g/mol. The smallest absolute Gasteiger partial charge is 0.303 e. The number of anilines is 1. The van der Waals surface area contributed by atoms with Gasteiger partial charge in [-0.3, -0.25) is 9.59 Å². The highest BCUT2D eigenvalue weighted by Crippen LogP contribution is 2.47. The van der Waals surface area contributed by atoms with Crippen LogP contribution >= 0.6 is 35.0 Å². The van der Waals surface area contributed by atoms with Crippen molar-refractivity contribution in [1.29, 1.82) is 0 Å². The molecule has 0 saturated heterocycles. The third kappa shape index (κ3) is 7.28. The summed E-state index contributed by atoms with van der Waals surface area (Å²) in [6.07, 6.45) is -0.153. The van der Waals surface area contributed by atoms with Crippen LogP contribution < -0.4 is 9.64 Å². The zero-order valence-corrected chi connectivity index (χ0v) is 24.9. The monoisotopic (exact) mass is 587 g/mol. The van der Waals surface area contributed by atoms with Crippen LogP contribution in [0.4, 0.5) is 5.69 Å². The fourth-order valence-electron chi connectivity index (χ4n) is 4.55. The third-order valence-electron chi connectivity index (χ3n) is 6.85. The quantitative estimate of drug-likeness (QED) is 0.213. The molecule has 3 aromatic rings. The molecule has 6 nitrogen and oxygen atoms in total. The molecule has 0 bridgehead atoms. The summed E-state index contributed by atoms with van der Waals surface area (Å²) in [4.78, 5) is 29.0. The molecule has 1 aliphatic rings. The van der Waals surface area contributed by atoms with Gasteiger partial charge in [0.25, 0.3) is 5.91 Å². The van der Waals surface area contributed by atoms with E-state index in [0.29, 0.717) is 27.6 Å². The molecule has 2 atom stereocenters. The van der Waals surface area contributed by atoms with Gasteiger partial charge in [-0.1, -0.05) is 53.5 Å². The number of fused-ring (bicyclic) bond motifs is 1. The van der Waals surface area contributed by atoms with Crippen molar-refractivity contribution in [3.63, 3.8) is 0 Å². The maximum Gasteiger partial charge on any atom is 0.303 e. The number of amides is 1. The van der Waals surface area contributed by atoms with Crippen LogP contribution in [-0.2, 0) is 20.7 Å². The lowest BCUT2D eigenvalue weighted by molar-refractivity contribution is -0.888. The van der Waals surface area contributed by atoms with Crippen molar-refractivity contribution in [2.45, 2.75) is 29.6 Å². The van der Waals surface area contributed by atoms with Gasteiger partial charge in [-0.05, 0) is 47.5 Å². The maximum atomic E-state index is 14.1. The van der Waals surface area contributed by atoms with Crippen molar-refractivity contribution in [1.82, 2.24) is 0 Å². The maximum absolute atomic E-state index is 14.1. The number of nitrogens with zero attached hydrogens (tertiary/aromatic N) is 2. The summed E-state index contributed by atoms with van der Waals surface area (Å²) >= 11 is 13.8. The Hall–Kier alpha value is -2.71. The number of methoxy groups -OCH3 is 1. The van der Waals surface area contributed by atoms with E-state index in [-0.39, 0.29) is 5.91 Å². The number of carbonyl (C=O) groups excluding carboxylic acids is 2. The summed E-state index contributed by atoms with van der Waals surface area (Å²) in [6.45, 7) is 3.36. The average Bonchev–Trinajstić information content (AvgIpc) is 3.02. The Labute approximate surface area is 244 Å². The second kappa shape index (κ2) is 12.6. The number of carbonyl (C=O) groups is 2. The molecule has 1 heterocycles. The van der Waals surface area contributed by atoms with Gasteiger partial charge in [-0.25, -0.2) is 0 Å². The molecule has 1 aliphatic heterocycles. The molecule has 39 heavy (non-hydrogen) atoms. The molecule has 0 aromatic heterocycles. The summed E-state index contributed by atoms with van der Waals surface area (Å²) in [5, 5.41) is 0.683. The van der Waals surface area contributed by atoms with Crippen molar-refractivity contribution >= 4 is 52.5 Å². The molecule has 206 valence electrons. The van der Waals surface area contributed by atoms with Gasteiger partial charge in [0, 0.05) is 18.2 Å². The van der Waals surface area contributed by atoms with E-state index in [0.717, 1.165) is 40.4 Å². The number of esters is 1. The van der Waals surface area contributed by atoms with Gasteiger partial charge in [-0.15, -0.1) is 11.8 Å². The Morgan fingerprint density at radius 3 is 2.38 bits per heavy atom. The van der Waals surface area contributed by atoms with Crippen LogP contribution in [0.3, 0.4) is 0 Å². The van der Waals surface area contributed by atoms with E-state index in [1.54, 1.807) is 12.0 Å². The minimum atomic E-state index is -0.972. The number of quaternary nitrogens is 1. The van der Waals surface area contributed by atoms with Crippen molar-refractivity contribution in [2.75, 3.05) is 45.7 Å². The van der Waals surface area contributed by atoms with Crippen LogP contribution in [0.5, 0.6) is 5.75 Å². The van der Waals surface area contributed by atoms with Crippen LogP contribution in [0.15, 0.2) is 71.6 Å². The molecule has 0 N–H and O–H groups in total. The SMILES string of the molecule is COc1ccc([C@@H]2Sc3ccccc3N(CC[N+](C)(C)CCc3ccc(Cl)c(Cl)c3)C(=O)[C@@H]2OC(C)=O)cc1. The summed E-state index contributed by atoms with van der Waals surface area (Å²) in [5.41, 5.74) is 2.82. The van der Waals surface area contributed by atoms with Crippen molar-refractivity contribution in [3.05, 3.63) is 87.9 Å². The van der Waals surface area contributed by atoms with Crippen molar-refractivity contribution < 1.29 is 23.5 Å². The molecule has 0 unspecified atom stereocenters. The Morgan fingerprint density at radius 2 is 1.72 bits per heavy atom. The van der Waals surface area contributed by atoms with E-state index < -0.39 is 17.3 Å². The molecule has 9 heteroatoms. The summed E-state index contributed by atoms with van der Waals surface area (Å²) < 4.78 is 11.7. The third-order valence-corrected chi connectivity index (χ3v) is 8.96. The van der Waals surface area contributed by atoms with E-state index in [1.165, 1.54) is 18.7 Å². The fourth-order valence-corrected chi connectivity index (χ4v) is 6.19. The van der Waals surface area contributed by atoms with Crippen LogP contribution in [0, 0.1) is 0 Å². The van der Waals surface area contributed by atoms with Crippen molar-refractivity contribution in [3.8, 4) is 5.75 Å². The Morgan fingerprint density at radius 1 is 1.00 bits per heavy atom. The number of benzene rings is 3. The Bertz CT molecular complexity index is 1330. The minimum Gasteiger partial charge on any atom is -0.497 e.